The van der Waals surface area contributed by atoms with Gasteiger partial charge in [-0.15, -0.1) is 0 Å². The third kappa shape index (κ3) is 3.36. The Morgan fingerprint density at radius 3 is 2.62 bits per heavy atom. The number of oxazole rings is 1. The maximum atomic E-state index is 14.2. The van der Waals surface area contributed by atoms with E-state index in [4.69, 9.17) is 16.0 Å². The van der Waals surface area contributed by atoms with Gasteiger partial charge >= 0.3 is 6.03 Å². The minimum atomic E-state index is -1.74. The van der Waals surface area contributed by atoms with Gasteiger partial charge in [-0.2, -0.15) is 0 Å². The van der Waals surface area contributed by atoms with Crippen molar-refractivity contribution in [1.82, 2.24) is 15.2 Å². The SMILES string of the molecule is CC1(c2cc(F)ccc2F)NC(=O)N(Cc2ncc(-c3ccc(Cl)cc3)o2)C1=O. The van der Waals surface area contributed by atoms with Crippen molar-refractivity contribution >= 4 is 23.5 Å². The van der Waals surface area contributed by atoms with Crippen LogP contribution in [0.15, 0.2) is 53.1 Å². The summed E-state index contributed by atoms with van der Waals surface area (Å²) in [6, 6.07) is 8.84. The van der Waals surface area contributed by atoms with Crippen molar-refractivity contribution in [2.45, 2.75) is 19.0 Å². The molecule has 1 aliphatic rings. The molecule has 3 aromatic rings. The summed E-state index contributed by atoms with van der Waals surface area (Å²) in [5.41, 5.74) is -1.28. The van der Waals surface area contributed by atoms with Gasteiger partial charge in [-0.1, -0.05) is 11.6 Å². The lowest BCUT2D eigenvalue weighted by molar-refractivity contribution is -0.131. The van der Waals surface area contributed by atoms with Gasteiger partial charge in [0.15, 0.2) is 5.76 Å². The van der Waals surface area contributed by atoms with Gasteiger partial charge in [0.25, 0.3) is 5.91 Å². The topological polar surface area (TPSA) is 75.4 Å². The highest BCUT2D eigenvalue weighted by Crippen LogP contribution is 2.32. The summed E-state index contributed by atoms with van der Waals surface area (Å²) >= 11 is 5.86. The molecule has 2 heterocycles. The summed E-state index contributed by atoms with van der Waals surface area (Å²) in [5, 5.41) is 2.99. The Morgan fingerprint density at radius 2 is 1.90 bits per heavy atom. The van der Waals surface area contributed by atoms with Gasteiger partial charge in [0.1, 0.15) is 23.7 Å². The van der Waals surface area contributed by atoms with Gasteiger partial charge in [-0.05, 0) is 49.4 Å². The first kappa shape index (κ1) is 19.1. The first-order chi connectivity index (χ1) is 13.8. The number of halogens is 3. The molecule has 0 aliphatic carbocycles. The van der Waals surface area contributed by atoms with Gasteiger partial charge in [0, 0.05) is 16.1 Å². The Morgan fingerprint density at radius 1 is 1.17 bits per heavy atom. The first-order valence-electron chi connectivity index (χ1n) is 8.58. The summed E-state index contributed by atoms with van der Waals surface area (Å²) in [7, 11) is 0. The summed E-state index contributed by atoms with van der Waals surface area (Å²) < 4.78 is 33.4. The Bertz CT molecular complexity index is 1120. The van der Waals surface area contributed by atoms with E-state index < -0.39 is 29.1 Å². The molecule has 1 aromatic heterocycles. The number of imide groups is 1. The molecule has 3 amide bonds. The summed E-state index contributed by atoms with van der Waals surface area (Å²) in [4.78, 5) is 30.2. The van der Waals surface area contributed by atoms with E-state index in [0.717, 1.165) is 28.7 Å². The van der Waals surface area contributed by atoms with Crippen LogP contribution in [-0.2, 0) is 16.9 Å². The zero-order valence-electron chi connectivity index (χ0n) is 15.1. The van der Waals surface area contributed by atoms with Crippen LogP contribution in [0.4, 0.5) is 13.6 Å². The molecule has 0 bridgehead atoms. The molecular weight excluding hydrogens is 404 g/mol. The van der Waals surface area contributed by atoms with Crippen LogP contribution in [0.25, 0.3) is 11.3 Å². The second-order valence-corrected chi connectivity index (χ2v) is 7.13. The molecule has 1 aliphatic heterocycles. The standard InChI is InChI=1S/C20H14ClF2N3O3/c1-20(14-8-13(22)6-7-15(14)23)18(27)26(19(28)25-20)10-17-24-9-16(29-17)11-2-4-12(21)5-3-11/h2-9H,10H2,1H3,(H,25,28). The normalized spacial score (nSPS) is 19.0. The fourth-order valence-electron chi connectivity index (χ4n) is 3.17. The molecule has 1 unspecified atom stereocenters. The molecule has 0 radical (unpaired) electrons. The zero-order chi connectivity index (χ0) is 20.8. The monoisotopic (exact) mass is 417 g/mol. The van der Waals surface area contributed by atoms with Crippen LogP contribution in [0.1, 0.15) is 18.4 Å². The van der Waals surface area contributed by atoms with Gasteiger partial charge in [0.05, 0.1) is 6.20 Å². The number of carbonyl (C=O) groups is 2. The molecule has 6 nitrogen and oxygen atoms in total. The maximum Gasteiger partial charge on any atom is 0.325 e. The predicted molar refractivity (Wildman–Crippen MR) is 99.7 cm³/mol. The molecular formula is C20H14ClF2N3O3. The van der Waals surface area contributed by atoms with E-state index in [1.165, 1.54) is 13.1 Å². The molecule has 0 saturated carbocycles. The second kappa shape index (κ2) is 6.97. The fourth-order valence-corrected chi connectivity index (χ4v) is 3.30. The van der Waals surface area contributed by atoms with E-state index in [-0.39, 0.29) is 18.0 Å². The number of urea groups is 1. The zero-order valence-corrected chi connectivity index (χ0v) is 15.8. The van der Waals surface area contributed by atoms with Crippen LogP contribution in [0.3, 0.4) is 0 Å². The van der Waals surface area contributed by atoms with Crippen molar-refractivity contribution in [3.8, 4) is 11.3 Å². The Kier molecular flexibility index (Phi) is 4.58. The molecule has 1 atom stereocenters. The number of nitrogens with one attached hydrogen (secondary N) is 1. The maximum absolute atomic E-state index is 14.2. The van der Waals surface area contributed by atoms with Gasteiger partial charge in [0.2, 0.25) is 5.89 Å². The third-order valence-corrected chi connectivity index (χ3v) is 4.97. The van der Waals surface area contributed by atoms with Crippen LogP contribution in [0, 0.1) is 11.6 Å². The predicted octanol–water partition coefficient (Wildman–Crippen LogP) is 4.24. The fraction of sp³-hybridized carbons (Fsp3) is 0.150. The lowest BCUT2D eigenvalue weighted by Gasteiger charge is -2.22. The minimum Gasteiger partial charge on any atom is -0.439 e. The van der Waals surface area contributed by atoms with E-state index in [1.807, 2.05) is 0 Å². The molecule has 29 heavy (non-hydrogen) atoms. The van der Waals surface area contributed by atoms with Crippen LogP contribution >= 0.6 is 11.6 Å². The molecule has 1 saturated heterocycles. The van der Waals surface area contributed by atoms with Crippen molar-refractivity contribution in [3.63, 3.8) is 0 Å². The average Bonchev–Trinajstić information content (AvgIpc) is 3.24. The van der Waals surface area contributed by atoms with E-state index in [9.17, 15) is 18.4 Å². The van der Waals surface area contributed by atoms with Gasteiger partial charge in [-0.25, -0.2) is 18.6 Å². The Labute approximate surface area is 169 Å². The number of amides is 3. The van der Waals surface area contributed by atoms with Gasteiger partial charge < -0.3 is 9.73 Å². The second-order valence-electron chi connectivity index (χ2n) is 6.70. The first-order valence-corrected chi connectivity index (χ1v) is 8.96. The van der Waals surface area contributed by atoms with Crippen molar-refractivity contribution in [1.29, 1.82) is 0 Å². The Balaban J connectivity index is 1.59. The van der Waals surface area contributed by atoms with Crippen LogP contribution in [-0.4, -0.2) is 21.8 Å². The highest BCUT2D eigenvalue weighted by molar-refractivity contribution is 6.30. The summed E-state index contributed by atoms with van der Waals surface area (Å²) in [6.07, 6.45) is 1.46. The smallest absolute Gasteiger partial charge is 0.325 e. The average molecular weight is 418 g/mol. The van der Waals surface area contributed by atoms with E-state index >= 15 is 0 Å². The van der Waals surface area contributed by atoms with Crippen LogP contribution < -0.4 is 5.32 Å². The molecule has 1 N–H and O–H groups in total. The number of rotatable bonds is 4. The van der Waals surface area contributed by atoms with E-state index in [1.54, 1.807) is 24.3 Å². The highest BCUT2D eigenvalue weighted by Gasteiger charge is 2.50. The highest BCUT2D eigenvalue weighted by atomic mass is 35.5. The summed E-state index contributed by atoms with van der Waals surface area (Å²) in [5.74, 6) is -1.71. The Hall–Kier alpha value is -3.26. The number of aromatic nitrogens is 1. The molecule has 9 heteroatoms. The van der Waals surface area contributed by atoms with Gasteiger partial charge in [-0.3, -0.25) is 9.69 Å². The van der Waals surface area contributed by atoms with E-state index in [2.05, 4.69) is 10.3 Å². The van der Waals surface area contributed by atoms with Crippen molar-refractivity contribution in [2.75, 3.05) is 0 Å². The molecule has 4 rings (SSSR count). The van der Waals surface area contributed by atoms with Crippen molar-refractivity contribution < 1.29 is 22.8 Å². The summed E-state index contributed by atoms with van der Waals surface area (Å²) in [6.45, 7) is 1.06. The molecule has 148 valence electrons. The number of carbonyl (C=O) groups excluding carboxylic acids is 2. The van der Waals surface area contributed by atoms with Crippen LogP contribution in [0.2, 0.25) is 5.02 Å². The minimum absolute atomic E-state index is 0.113. The van der Waals surface area contributed by atoms with E-state index in [0.29, 0.717) is 10.8 Å². The number of hydrogen-bond acceptors (Lipinski definition) is 4. The van der Waals surface area contributed by atoms with Crippen LogP contribution in [0.5, 0.6) is 0 Å². The van der Waals surface area contributed by atoms with Crippen molar-refractivity contribution in [3.05, 3.63) is 76.8 Å². The number of nitrogens with zero attached hydrogens (tertiary/aromatic N) is 2. The van der Waals surface area contributed by atoms with Crippen molar-refractivity contribution in [2.24, 2.45) is 0 Å². The third-order valence-electron chi connectivity index (χ3n) is 4.72. The number of benzene rings is 2. The molecule has 2 aromatic carbocycles. The molecule has 1 fully saturated rings. The quantitative estimate of drug-likeness (QED) is 0.644. The molecule has 0 spiro atoms. The largest absolute Gasteiger partial charge is 0.439 e. The lowest BCUT2D eigenvalue weighted by atomic mass is 9.91. The number of hydrogen-bond donors (Lipinski definition) is 1. The lowest BCUT2D eigenvalue weighted by Crippen LogP contribution is -2.41.